The van der Waals surface area contributed by atoms with Crippen molar-refractivity contribution in [2.45, 2.75) is 6.92 Å². The predicted octanol–water partition coefficient (Wildman–Crippen LogP) is 1.62. The molecule has 1 aromatic heterocycles. The molecule has 0 atom stereocenters. The van der Waals surface area contributed by atoms with Crippen LogP contribution in [0.3, 0.4) is 0 Å². The summed E-state index contributed by atoms with van der Waals surface area (Å²) in [6.45, 7) is 1.93. The summed E-state index contributed by atoms with van der Waals surface area (Å²) in [7, 11) is 2.79. The van der Waals surface area contributed by atoms with Crippen LogP contribution in [0.5, 0.6) is 5.88 Å². The van der Waals surface area contributed by atoms with E-state index in [2.05, 4.69) is 4.99 Å². The molecular weight excluding hydrogens is 302 g/mol. The monoisotopic (exact) mass is 319 g/mol. The van der Waals surface area contributed by atoms with Gasteiger partial charge in [-0.25, -0.2) is 9.79 Å². The highest BCUT2D eigenvalue weighted by atomic mass is 32.2. The Labute approximate surface area is 131 Å². The molecule has 0 unspecified atom stereocenters. The second-order valence-corrected chi connectivity index (χ2v) is 5.84. The highest BCUT2D eigenvalue weighted by Crippen LogP contribution is 2.22. The summed E-state index contributed by atoms with van der Waals surface area (Å²) >= 11 is 1.34. The minimum absolute atomic E-state index is 0.0419. The maximum Gasteiger partial charge on any atom is 0.333 e. The van der Waals surface area contributed by atoms with Crippen LogP contribution in [0.2, 0.25) is 0 Å². The van der Waals surface area contributed by atoms with Crippen molar-refractivity contribution in [3.8, 4) is 5.88 Å². The van der Waals surface area contributed by atoms with E-state index in [1.807, 2.05) is 25.1 Å². The fraction of sp³-hybridized carbons (Fsp3) is 0.267. The van der Waals surface area contributed by atoms with Gasteiger partial charge in [0.1, 0.15) is 10.6 Å². The third kappa shape index (κ3) is 2.99. The van der Waals surface area contributed by atoms with Crippen molar-refractivity contribution < 1.29 is 5.11 Å². The molecule has 0 spiro atoms. The average molecular weight is 319 g/mol. The Morgan fingerprint density at radius 2 is 1.82 bits per heavy atom. The van der Waals surface area contributed by atoms with Crippen LogP contribution in [-0.2, 0) is 14.1 Å². The van der Waals surface area contributed by atoms with Gasteiger partial charge in [0.15, 0.2) is 0 Å². The number of hydrogen-bond donors (Lipinski definition) is 1. The molecule has 0 radical (unpaired) electrons. The number of aromatic nitrogens is 2. The molecule has 1 aromatic carbocycles. The molecule has 0 saturated heterocycles. The minimum atomic E-state index is -0.577. The van der Waals surface area contributed by atoms with Gasteiger partial charge in [0.2, 0.25) is 5.88 Å². The molecular formula is C15H17N3O3S. The predicted molar refractivity (Wildman–Crippen MR) is 89.4 cm³/mol. The number of aromatic hydroxyl groups is 1. The zero-order valence-corrected chi connectivity index (χ0v) is 13.4. The summed E-state index contributed by atoms with van der Waals surface area (Å²) in [5, 5.41) is 10.6. The van der Waals surface area contributed by atoms with E-state index in [4.69, 9.17) is 0 Å². The van der Waals surface area contributed by atoms with Gasteiger partial charge in [-0.2, -0.15) is 0 Å². The maximum absolute atomic E-state index is 12.4. The maximum atomic E-state index is 12.4. The third-order valence-corrected chi connectivity index (χ3v) is 3.97. The van der Waals surface area contributed by atoms with Crippen molar-refractivity contribution in [3.63, 3.8) is 0 Å². The van der Waals surface area contributed by atoms with E-state index in [0.29, 0.717) is 16.5 Å². The second-order valence-electron chi connectivity index (χ2n) is 4.59. The molecule has 0 bridgehead atoms. The molecule has 0 aliphatic heterocycles. The van der Waals surface area contributed by atoms with Crippen LogP contribution in [0.1, 0.15) is 12.5 Å². The van der Waals surface area contributed by atoms with Gasteiger partial charge < -0.3 is 5.11 Å². The first kappa shape index (κ1) is 16.1. The van der Waals surface area contributed by atoms with Gasteiger partial charge in [-0.3, -0.25) is 13.9 Å². The van der Waals surface area contributed by atoms with Gasteiger partial charge in [-0.15, -0.1) is 11.8 Å². The molecule has 116 valence electrons. The van der Waals surface area contributed by atoms with Gasteiger partial charge >= 0.3 is 5.69 Å². The molecule has 0 aliphatic rings. The van der Waals surface area contributed by atoms with Crippen LogP contribution in [0.25, 0.3) is 0 Å². The van der Waals surface area contributed by atoms with Gasteiger partial charge in [0, 0.05) is 14.1 Å². The zero-order chi connectivity index (χ0) is 16.3. The number of aliphatic imine (C=N–C) groups is 1. The lowest BCUT2D eigenvalue weighted by atomic mass is 10.3. The number of rotatable bonds is 3. The van der Waals surface area contributed by atoms with Crippen molar-refractivity contribution in [1.82, 2.24) is 9.13 Å². The van der Waals surface area contributed by atoms with Crippen molar-refractivity contribution in [3.05, 3.63) is 56.7 Å². The quantitative estimate of drug-likeness (QED) is 0.689. The largest absolute Gasteiger partial charge is 0.494 e. The van der Waals surface area contributed by atoms with E-state index in [-0.39, 0.29) is 11.4 Å². The molecule has 0 saturated carbocycles. The molecule has 7 heteroatoms. The Morgan fingerprint density at radius 3 is 2.41 bits per heavy atom. The molecule has 22 heavy (non-hydrogen) atoms. The molecule has 2 aromatic rings. The zero-order valence-electron chi connectivity index (χ0n) is 12.6. The van der Waals surface area contributed by atoms with E-state index in [9.17, 15) is 14.7 Å². The molecule has 2 rings (SSSR count). The Bertz CT molecular complexity index is 822. The Balaban J connectivity index is 2.73. The second kappa shape index (κ2) is 6.65. The number of para-hydroxylation sites is 1. The van der Waals surface area contributed by atoms with Crippen LogP contribution in [-0.4, -0.2) is 25.0 Å². The lowest BCUT2D eigenvalue weighted by Gasteiger charge is -2.11. The third-order valence-electron chi connectivity index (χ3n) is 3.12. The van der Waals surface area contributed by atoms with Gasteiger partial charge in [-0.1, -0.05) is 25.1 Å². The van der Waals surface area contributed by atoms with Crippen LogP contribution in [0, 0.1) is 0 Å². The summed E-state index contributed by atoms with van der Waals surface area (Å²) in [4.78, 5) is 28.6. The van der Waals surface area contributed by atoms with Gasteiger partial charge in [-0.05, 0) is 17.9 Å². The normalized spacial score (nSPS) is 11.7. The number of thioether (sulfide) groups is 1. The molecule has 1 heterocycles. The highest BCUT2D eigenvalue weighted by molar-refractivity contribution is 8.14. The van der Waals surface area contributed by atoms with Crippen LogP contribution < -0.4 is 11.2 Å². The minimum Gasteiger partial charge on any atom is -0.494 e. The SMILES string of the molecule is CCSC(=Nc1ccccc1)c1c(O)n(C)c(=O)n(C)c1=O. The summed E-state index contributed by atoms with van der Waals surface area (Å²) in [6, 6.07) is 9.16. The lowest BCUT2D eigenvalue weighted by Crippen LogP contribution is -2.39. The van der Waals surface area contributed by atoms with Crippen molar-refractivity contribution >= 4 is 22.5 Å². The Hall–Kier alpha value is -2.28. The van der Waals surface area contributed by atoms with Gasteiger partial charge in [0.05, 0.1) is 5.69 Å². The highest BCUT2D eigenvalue weighted by Gasteiger charge is 2.20. The van der Waals surface area contributed by atoms with Crippen LogP contribution in [0.15, 0.2) is 44.9 Å². The molecule has 0 aliphatic carbocycles. The molecule has 0 fully saturated rings. The van der Waals surface area contributed by atoms with E-state index >= 15 is 0 Å². The van der Waals surface area contributed by atoms with E-state index in [1.165, 1.54) is 25.9 Å². The molecule has 6 nitrogen and oxygen atoms in total. The van der Waals surface area contributed by atoms with E-state index in [0.717, 1.165) is 9.13 Å². The molecule has 1 N–H and O–H groups in total. The number of hydrogen-bond acceptors (Lipinski definition) is 5. The van der Waals surface area contributed by atoms with E-state index < -0.39 is 11.2 Å². The van der Waals surface area contributed by atoms with Crippen molar-refractivity contribution in [1.29, 1.82) is 0 Å². The average Bonchev–Trinajstić information content (AvgIpc) is 2.52. The number of benzene rings is 1. The summed E-state index contributed by atoms with van der Waals surface area (Å²) in [5.74, 6) is 0.306. The first-order valence-corrected chi connectivity index (χ1v) is 7.71. The standard InChI is InChI=1S/C15H17N3O3S/c1-4-22-12(16-10-8-6-5-7-9-10)11-13(19)17(2)15(21)18(3)14(11)20/h5-9,19H,4H2,1-3H3. The van der Waals surface area contributed by atoms with Crippen LogP contribution >= 0.6 is 11.8 Å². The van der Waals surface area contributed by atoms with Crippen LogP contribution in [0.4, 0.5) is 5.69 Å². The van der Waals surface area contributed by atoms with Crippen molar-refractivity contribution in [2.75, 3.05) is 5.75 Å². The summed E-state index contributed by atoms with van der Waals surface area (Å²) in [6.07, 6.45) is 0. The van der Waals surface area contributed by atoms with Gasteiger partial charge in [0.25, 0.3) is 5.56 Å². The fourth-order valence-electron chi connectivity index (χ4n) is 1.94. The first-order chi connectivity index (χ1) is 10.5. The van der Waals surface area contributed by atoms with E-state index in [1.54, 1.807) is 12.1 Å². The molecule has 0 amide bonds. The summed E-state index contributed by atoms with van der Waals surface area (Å²) < 4.78 is 2.00. The number of nitrogens with zero attached hydrogens (tertiary/aromatic N) is 3. The topological polar surface area (TPSA) is 76.6 Å². The van der Waals surface area contributed by atoms with Crippen molar-refractivity contribution in [2.24, 2.45) is 19.1 Å². The lowest BCUT2D eigenvalue weighted by molar-refractivity contribution is 0.410. The first-order valence-electron chi connectivity index (χ1n) is 6.73. The Kier molecular flexibility index (Phi) is 4.87. The smallest absolute Gasteiger partial charge is 0.333 e. The summed E-state index contributed by atoms with van der Waals surface area (Å²) in [5.41, 5.74) is -0.419. The Morgan fingerprint density at radius 1 is 1.18 bits per heavy atom. The fourth-order valence-corrected chi connectivity index (χ4v) is 2.70.